The summed E-state index contributed by atoms with van der Waals surface area (Å²) in [5.74, 6) is -0.320. The van der Waals surface area contributed by atoms with Gasteiger partial charge in [-0.05, 0) is 6.42 Å². The summed E-state index contributed by atoms with van der Waals surface area (Å²) in [6.45, 7) is 0.762. The second-order valence-corrected chi connectivity index (χ2v) is 3.86. The van der Waals surface area contributed by atoms with E-state index in [1.54, 1.807) is 0 Å². The second kappa shape index (κ2) is 3.08. The molecule has 6 nitrogen and oxygen atoms in total. The predicted octanol–water partition coefficient (Wildman–Crippen LogP) is 1.05. The van der Waals surface area contributed by atoms with Gasteiger partial charge in [-0.15, -0.1) is 0 Å². The average Bonchev–Trinajstić information content (AvgIpc) is 2.80. The fourth-order valence-corrected chi connectivity index (χ4v) is 2.12. The summed E-state index contributed by atoms with van der Waals surface area (Å²) in [6.07, 6.45) is 2.06. The van der Waals surface area contributed by atoms with Gasteiger partial charge in [0.2, 0.25) is 0 Å². The zero-order valence-electron chi connectivity index (χ0n) is 8.07. The zero-order chi connectivity index (χ0) is 11.3. The zero-order valence-corrected chi connectivity index (χ0v) is 8.82. The third-order valence-electron chi connectivity index (χ3n) is 2.59. The van der Waals surface area contributed by atoms with Crippen molar-refractivity contribution in [3.8, 4) is 0 Å². The summed E-state index contributed by atoms with van der Waals surface area (Å²) in [5.41, 5.74) is 1.21. The van der Waals surface area contributed by atoms with Crippen molar-refractivity contribution in [3.63, 3.8) is 0 Å². The molecule has 3 heterocycles. The fraction of sp³-hybridized carbons (Fsp3) is 0.222. The maximum atomic E-state index is 10.9. The molecule has 16 heavy (non-hydrogen) atoms. The number of aromatic nitrogens is 3. The Hall–Kier alpha value is -1.82. The Morgan fingerprint density at radius 2 is 2.44 bits per heavy atom. The molecule has 3 rings (SSSR count). The molecule has 2 N–H and O–H groups in total. The van der Waals surface area contributed by atoms with Crippen LogP contribution in [0.25, 0.3) is 5.65 Å². The lowest BCUT2D eigenvalue weighted by molar-refractivity contribution is 0.0699. The molecule has 0 saturated carbocycles. The van der Waals surface area contributed by atoms with Gasteiger partial charge < -0.3 is 10.4 Å². The number of hydrogen-bond donors (Lipinski definition) is 2. The largest absolute Gasteiger partial charge is 0.477 e. The first kappa shape index (κ1) is 9.41. The third-order valence-corrected chi connectivity index (χ3v) is 2.91. The maximum absolute atomic E-state index is 10.9. The van der Waals surface area contributed by atoms with E-state index in [4.69, 9.17) is 16.7 Å². The molecular weight excluding hydrogens is 232 g/mol. The highest BCUT2D eigenvalue weighted by Gasteiger charge is 2.22. The summed E-state index contributed by atoms with van der Waals surface area (Å²) in [4.78, 5) is 15.0. The summed E-state index contributed by atoms with van der Waals surface area (Å²) >= 11 is 6.00. The van der Waals surface area contributed by atoms with E-state index in [9.17, 15) is 4.79 Å². The van der Waals surface area contributed by atoms with Crippen molar-refractivity contribution in [1.29, 1.82) is 0 Å². The van der Waals surface area contributed by atoms with Crippen molar-refractivity contribution in [3.05, 3.63) is 22.5 Å². The summed E-state index contributed by atoms with van der Waals surface area (Å²) in [5, 5.41) is 16.4. The van der Waals surface area contributed by atoms with Gasteiger partial charge >= 0.3 is 5.97 Å². The monoisotopic (exact) mass is 238 g/mol. The van der Waals surface area contributed by atoms with Crippen LogP contribution in [-0.4, -0.2) is 32.2 Å². The van der Waals surface area contributed by atoms with Crippen molar-refractivity contribution in [2.75, 3.05) is 11.9 Å². The van der Waals surface area contributed by atoms with Crippen LogP contribution in [0.5, 0.6) is 0 Å². The van der Waals surface area contributed by atoms with Crippen molar-refractivity contribution < 1.29 is 9.90 Å². The smallest absolute Gasteiger partial charge is 0.341 e. The Balaban J connectivity index is 2.40. The normalized spacial score (nSPS) is 13.8. The van der Waals surface area contributed by atoms with E-state index >= 15 is 0 Å². The van der Waals surface area contributed by atoms with Crippen molar-refractivity contribution in [2.24, 2.45) is 0 Å². The highest BCUT2D eigenvalue weighted by atomic mass is 35.5. The minimum Gasteiger partial charge on any atom is -0.477 e. The molecule has 82 valence electrons. The number of rotatable bonds is 1. The van der Waals surface area contributed by atoms with Crippen LogP contribution in [0.1, 0.15) is 15.9 Å². The van der Waals surface area contributed by atoms with Gasteiger partial charge in [-0.3, -0.25) is 0 Å². The summed E-state index contributed by atoms with van der Waals surface area (Å²) in [7, 11) is 0. The molecule has 0 saturated heterocycles. The lowest BCUT2D eigenvalue weighted by Gasteiger charge is -2.04. The van der Waals surface area contributed by atoms with Gasteiger partial charge in [0, 0.05) is 12.1 Å². The molecule has 0 radical (unpaired) electrons. The van der Waals surface area contributed by atoms with Crippen molar-refractivity contribution >= 4 is 29.0 Å². The number of halogens is 1. The molecular formula is C9H7ClN4O2. The molecule has 0 unspecified atom stereocenters. The van der Waals surface area contributed by atoms with Crippen molar-refractivity contribution in [2.45, 2.75) is 6.42 Å². The molecule has 1 aliphatic rings. The number of carboxylic acid groups (broad SMARTS) is 1. The van der Waals surface area contributed by atoms with Gasteiger partial charge in [0.15, 0.2) is 5.65 Å². The van der Waals surface area contributed by atoms with Gasteiger partial charge in [0.05, 0.1) is 6.20 Å². The van der Waals surface area contributed by atoms with Gasteiger partial charge in [0.1, 0.15) is 16.5 Å². The topological polar surface area (TPSA) is 79.5 Å². The van der Waals surface area contributed by atoms with E-state index in [1.807, 2.05) is 0 Å². The number of aromatic carboxylic acids is 1. The van der Waals surface area contributed by atoms with E-state index in [2.05, 4.69) is 15.4 Å². The van der Waals surface area contributed by atoms with Crippen LogP contribution in [0.4, 0.5) is 5.82 Å². The lowest BCUT2D eigenvalue weighted by Crippen LogP contribution is -2.02. The van der Waals surface area contributed by atoms with E-state index in [0.717, 1.165) is 24.3 Å². The minimum absolute atomic E-state index is 0.0541. The third kappa shape index (κ3) is 1.10. The van der Waals surface area contributed by atoms with Gasteiger partial charge in [-0.25, -0.2) is 9.78 Å². The Kier molecular flexibility index (Phi) is 1.81. The number of hydrogen-bond acceptors (Lipinski definition) is 4. The molecule has 0 spiro atoms. The van der Waals surface area contributed by atoms with E-state index in [1.165, 1.54) is 10.7 Å². The summed E-state index contributed by atoms with van der Waals surface area (Å²) < 4.78 is 1.48. The first-order chi connectivity index (χ1) is 7.68. The van der Waals surface area contributed by atoms with Crippen LogP contribution in [0, 0.1) is 0 Å². The predicted molar refractivity (Wildman–Crippen MR) is 57.2 cm³/mol. The number of nitrogens with one attached hydrogen (secondary N) is 1. The number of carbonyl (C=O) groups is 1. The second-order valence-electron chi connectivity index (χ2n) is 3.51. The number of nitrogens with zero attached hydrogens (tertiary/aromatic N) is 3. The van der Waals surface area contributed by atoms with Crippen LogP contribution in [0.3, 0.4) is 0 Å². The van der Waals surface area contributed by atoms with Crippen molar-refractivity contribution in [1.82, 2.24) is 14.6 Å². The lowest BCUT2D eigenvalue weighted by atomic mass is 10.2. The standard InChI is InChI=1S/C9H7ClN4O2/c10-6-4-1-2-11-7(4)14-8(13-6)5(3-12-14)9(15)16/h3,11H,1-2H2,(H,15,16). The van der Waals surface area contributed by atoms with Crippen LogP contribution in [0.15, 0.2) is 6.20 Å². The molecule has 2 aromatic rings. The molecule has 0 fully saturated rings. The van der Waals surface area contributed by atoms with E-state index in [-0.39, 0.29) is 11.2 Å². The molecule has 2 aromatic heterocycles. The van der Waals surface area contributed by atoms with Crippen LogP contribution in [0.2, 0.25) is 5.15 Å². The Bertz CT molecular complexity index is 607. The molecule has 0 aromatic carbocycles. The van der Waals surface area contributed by atoms with Gasteiger partial charge in [-0.2, -0.15) is 9.61 Å². The fourth-order valence-electron chi connectivity index (χ4n) is 1.86. The maximum Gasteiger partial charge on any atom is 0.341 e. The Morgan fingerprint density at radius 3 is 3.19 bits per heavy atom. The Labute approximate surface area is 94.9 Å². The highest BCUT2D eigenvalue weighted by Crippen LogP contribution is 2.29. The molecule has 0 atom stereocenters. The highest BCUT2D eigenvalue weighted by molar-refractivity contribution is 6.30. The first-order valence-electron chi connectivity index (χ1n) is 4.72. The van der Waals surface area contributed by atoms with E-state index < -0.39 is 5.97 Å². The minimum atomic E-state index is -1.06. The van der Waals surface area contributed by atoms with Gasteiger partial charge in [-0.1, -0.05) is 11.6 Å². The quantitative estimate of drug-likeness (QED) is 0.726. The molecule has 0 amide bonds. The number of anilines is 1. The Morgan fingerprint density at radius 1 is 1.62 bits per heavy atom. The SMILES string of the molecule is O=C(O)c1cnn2c3c(c(Cl)nc12)CCN3. The average molecular weight is 239 g/mol. The summed E-state index contributed by atoms with van der Waals surface area (Å²) in [6, 6.07) is 0. The van der Waals surface area contributed by atoms with Crippen LogP contribution < -0.4 is 5.32 Å². The van der Waals surface area contributed by atoms with E-state index in [0.29, 0.717) is 5.15 Å². The molecule has 7 heteroatoms. The molecule has 0 bridgehead atoms. The molecule has 1 aliphatic heterocycles. The van der Waals surface area contributed by atoms with Gasteiger partial charge in [0.25, 0.3) is 0 Å². The first-order valence-corrected chi connectivity index (χ1v) is 5.09. The number of fused-ring (bicyclic) bond motifs is 3. The van der Waals surface area contributed by atoms with Crippen LogP contribution >= 0.6 is 11.6 Å². The molecule has 0 aliphatic carbocycles. The van der Waals surface area contributed by atoms with Crippen LogP contribution in [-0.2, 0) is 6.42 Å². The number of carboxylic acids is 1.